The maximum absolute atomic E-state index is 11.1. The number of carboxylic acids is 1. The van der Waals surface area contributed by atoms with Crippen LogP contribution in [0.25, 0.3) is 10.6 Å². The molecule has 5 heteroatoms. The Kier molecular flexibility index (Phi) is 2.52. The fourth-order valence-corrected chi connectivity index (χ4v) is 4.29. The summed E-state index contributed by atoms with van der Waals surface area (Å²) in [5.41, 5.74) is 3.16. The van der Waals surface area contributed by atoms with Crippen LogP contribution in [0.4, 0.5) is 0 Å². The summed E-state index contributed by atoms with van der Waals surface area (Å²) < 4.78 is 0. The van der Waals surface area contributed by atoms with E-state index in [-0.39, 0.29) is 0 Å². The molecule has 0 spiro atoms. The van der Waals surface area contributed by atoms with E-state index in [4.69, 9.17) is 5.11 Å². The molecular weight excluding hydrogens is 254 g/mol. The van der Waals surface area contributed by atoms with Crippen molar-refractivity contribution in [3.8, 4) is 10.6 Å². The number of hydrogen-bond acceptors (Lipinski definition) is 4. The predicted molar refractivity (Wildman–Crippen MR) is 68.9 cm³/mol. The van der Waals surface area contributed by atoms with Crippen LogP contribution in [0.3, 0.4) is 0 Å². The van der Waals surface area contributed by atoms with Crippen molar-refractivity contribution in [3.05, 3.63) is 26.9 Å². The summed E-state index contributed by atoms with van der Waals surface area (Å²) in [5.74, 6) is -1.14. The Hall–Kier alpha value is -1.20. The van der Waals surface area contributed by atoms with Gasteiger partial charge in [0, 0.05) is 15.8 Å². The van der Waals surface area contributed by atoms with Crippen molar-refractivity contribution in [2.75, 3.05) is 0 Å². The van der Waals surface area contributed by atoms with E-state index in [0.717, 1.165) is 27.6 Å². The Morgan fingerprint density at radius 1 is 1.53 bits per heavy atom. The van der Waals surface area contributed by atoms with Gasteiger partial charge in [-0.15, -0.1) is 11.3 Å². The molecule has 1 N–H and O–H groups in total. The first-order valence-corrected chi connectivity index (χ1v) is 7.18. The van der Waals surface area contributed by atoms with Gasteiger partial charge >= 0.3 is 5.97 Å². The highest BCUT2D eigenvalue weighted by atomic mass is 32.1. The second-order valence-corrected chi connectivity index (χ2v) is 6.05. The number of carbonyl (C=O) groups is 1. The van der Waals surface area contributed by atoms with E-state index in [0.29, 0.717) is 6.42 Å². The van der Waals surface area contributed by atoms with Crippen LogP contribution in [-0.2, 0) is 11.2 Å². The highest BCUT2D eigenvalue weighted by Crippen LogP contribution is 2.41. The quantitative estimate of drug-likeness (QED) is 0.906. The van der Waals surface area contributed by atoms with Crippen LogP contribution >= 0.6 is 22.7 Å². The topological polar surface area (TPSA) is 50.2 Å². The van der Waals surface area contributed by atoms with E-state index >= 15 is 0 Å². The summed E-state index contributed by atoms with van der Waals surface area (Å²) in [7, 11) is 0. The Bertz CT molecular complexity index is 585. The van der Waals surface area contributed by atoms with E-state index in [1.165, 1.54) is 5.56 Å². The second kappa shape index (κ2) is 3.92. The van der Waals surface area contributed by atoms with Gasteiger partial charge in [0.15, 0.2) is 0 Å². The standard InChI is InChI=1S/C12H11NO2S2/c1-6-4-16-5-8(6)11-13-10-7(12(14)15)2-3-9(10)17-11/h4-5,7H,2-3H2,1H3,(H,14,15). The number of carboxylic acid groups (broad SMARTS) is 1. The van der Waals surface area contributed by atoms with Gasteiger partial charge in [0.25, 0.3) is 0 Å². The number of aromatic nitrogens is 1. The fraction of sp³-hybridized carbons (Fsp3) is 0.333. The number of nitrogens with zero attached hydrogens (tertiary/aromatic N) is 1. The molecule has 0 fully saturated rings. The summed E-state index contributed by atoms with van der Waals surface area (Å²) in [6, 6.07) is 0. The molecule has 1 unspecified atom stereocenters. The fourth-order valence-electron chi connectivity index (χ4n) is 2.16. The van der Waals surface area contributed by atoms with Gasteiger partial charge in [0.05, 0.1) is 5.69 Å². The molecule has 0 radical (unpaired) electrons. The van der Waals surface area contributed by atoms with Crippen LogP contribution in [-0.4, -0.2) is 16.1 Å². The predicted octanol–water partition coefficient (Wildman–Crippen LogP) is 3.29. The third kappa shape index (κ3) is 1.70. The molecule has 3 rings (SSSR count). The molecule has 88 valence electrons. The van der Waals surface area contributed by atoms with E-state index < -0.39 is 11.9 Å². The highest BCUT2D eigenvalue weighted by molar-refractivity contribution is 7.15. The Morgan fingerprint density at radius 2 is 2.35 bits per heavy atom. The second-order valence-electron chi connectivity index (χ2n) is 4.23. The zero-order valence-corrected chi connectivity index (χ0v) is 10.9. The number of aliphatic carboxylic acids is 1. The molecule has 0 aliphatic heterocycles. The number of fused-ring (bicyclic) bond motifs is 1. The molecule has 1 aliphatic rings. The van der Waals surface area contributed by atoms with Gasteiger partial charge in [-0.2, -0.15) is 11.3 Å². The lowest BCUT2D eigenvalue weighted by atomic mass is 10.1. The van der Waals surface area contributed by atoms with Crippen molar-refractivity contribution in [2.24, 2.45) is 0 Å². The zero-order chi connectivity index (χ0) is 12.0. The summed E-state index contributed by atoms with van der Waals surface area (Å²) in [4.78, 5) is 16.8. The maximum atomic E-state index is 11.1. The van der Waals surface area contributed by atoms with Crippen LogP contribution in [0.15, 0.2) is 10.8 Å². The first-order valence-electron chi connectivity index (χ1n) is 5.42. The van der Waals surface area contributed by atoms with Gasteiger partial charge in [-0.1, -0.05) is 0 Å². The third-order valence-electron chi connectivity index (χ3n) is 3.10. The number of thiophene rings is 1. The molecule has 0 bridgehead atoms. The normalized spacial score (nSPS) is 18.3. The average molecular weight is 265 g/mol. The van der Waals surface area contributed by atoms with E-state index in [2.05, 4.69) is 22.7 Å². The summed E-state index contributed by atoms with van der Waals surface area (Å²) in [6.45, 7) is 2.06. The van der Waals surface area contributed by atoms with Crippen LogP contribution < -0.4 is 0 Å². The summed E-state index contributed by atoms with van der Waals surface area (Å²) in [5, 5.41) is 14.3. The SMILES string of the molecule is Cc1cscc1-c1nc2c(s1)CCC2C(=O)O. The molecule has 0 saturated heterocycles. The molecule has 2 aromatic rings. The van der Waals surface area contributed by atoms with Gasteiger partial charge in [-0.25, -0.2) is 4.98 Å². The largest absolute Gasteiger partial charge is 0.481 e. The molecule has 0 amide bonds. The molecule has 0 saturated carbocycles. The van der Waals surface area contributed by atoms with E-state index in [1.54, 1.807) is 22.7 Å². The van der Waals surface area contributed by atoms with E-state index in [9.17, 15) is 4.79 Å². The molecule has 0 aromatic carbocycles. The lowest BCUT2D eigenvalue weighted by Gasteiger charge is -2.01. The van der Waals surface area contributed by atoms with Crippen LogP contribution in [0.5, 0.6) is 0 Å². The smallest absolute Gasteiger partial charge is 0.312 e. The molecule has 1 atom stereocenters. The van der Waals surface area contributed by atoms with Gasteiger partial charge in [-0.05, 0) is 30.7 Å². The minimum absolute atomic E-state index is 0.394. The van der Waals surface area contributed by atoms with Gasteiger partial charge in [0.2, 0.25) is 0 Å². The Balaban J connectivity index is 2.04. The number of hydrogen-bond donors (Lipinski definition) is 1. The van der Waals surface area contributed by atoms with Crippen molar-refractivity contribution in [1.29, 1.82) is 0 Å². The van der Waals surface area contributed by atoms with Crippen molar-refractivity contribution < 1.29 is 9.90 Å². The van der Waals surface area contributed by atoms with Gasteiger partial charge in [-0.3, -0.25) is 4.79 Å². The molecule has 2 aromatic heterocycles. The Morgan fingerprint density at radius 3 is 3.00 bits per heavy atom. The molecule has 3 nitrogen and oxygen atoms in total. The monoisotopic (exact) mass is 265 g/mol. The number of rotatable bonds is 2. The summed E-state index contributed by atoms with van der Waals surface area (Å²) in [6.07, 6.45) is 1.56. The van der Waals surface area contributed by atoms with Crippen molar-refractivity contribution in [3.63, 3.8) is 0 Å². The van der Waals surface area contributed by atoms with Gasteiger partial charge in [0.1, 0.15) is 10.9 Å². The average Bonchev–Trinajstić information content (AvgIpc) is 2.89. The minimum Gasteiger partial charge on any atom is -0.481 e. The minimum atomic E-state index is -0.748. The van der Waals surface area contributed by atoms with Crippen molar-refractivity contribution in [2.45, 2.75) is 25.7 Å². The van der Waals surface area contributed by atoms with Crippen molar-refractivity contribution in [1.82, 2.24) is 4.98 Å². The lowest BCUT2D eigenvalue weighted by molar-refractivity contribution is -0.138. The molecule has 1 aliphatic carbocycles. The first kappa shape index (κ1) is 10.9. The van der Waals surface area contributed by atoms with E-state index in [1.807, 2.05) is 0 Å². The first-order chi connectivity index (χ1) is 8.16. The van der Waals surface area contributed by atoms with Crippen LogP contribution in [0, 0.1) is 6.92 Å². The third-order valence-corrected chi connectivity index (χ3v) is 5.13. The van der Waals surface area contributed by atoms with Crippen LogP contribution in [0.1, 0.15) is 28.5 Å². The Labute approximate surface area is 107 Å². The van der Waals surface area contributed by atoms with Crippen molar-refractivity contribution >= 4 is 28.6 Å². The summed E-state index contributed by atoms with van der Waals surface area (Å²) >= 11 is 3.31. The maximum Gasteiger partial charge on any atom is 0.312 e. The lowest BCUT2D eigenvalue weighted by Crippen LogP contribution is -2.08. The number of thiazole rings is 1. The highest BCUT2D eigenvalue weighted by Gasteiger charge is 2.32. The molecular formula is C12H11NO2S2. The zero-order valence-electron chi connectivity index (χ0n) is 9.27. The molecule has 17 heavy (non-hydrogen) atoms. The number of aryl methyl sites for hydroxylation is 2. The molecule has 2 heterocycles. The van der Waals surface area contributed by atoms with Crippen LogP contribution in [0.2, 0.25) is 0 Å². The van der Waals surface area contributed by atoms with Gasteiger partial charge < -0.3 is 5.11 Å².